The highest BCUT2D eigenvalue weighted by atomic mass is 16.5. The second kappa shape index (κ2) is 5.51. The molecule has 2 heterocycles. The van der Waals surface area contributed by atoms with E-state index in [2.05, 4.69) is 0 Å². The summed E-state index contributed by atoms with van der Waals surface area (Å²) in [7, 11) is 0. The summed E-state index contributed by atoms with van der Waals surface area (Å²) >= 11 is 0. The molecule has 2 atom stereocenters. The van der Waals surface area contributed by atoms with Crippen LogP contribution in [0.3, 0.4) is 0 Å². The minimum absolute atomic E-state index is 0.0131. The van der Waals surface area contributed by atoms with Crippen molar-refractivity contribution < 1.29 is 24.2 Å². The fraction of sp³-hybridized carbons (Fsp3) is 0.583. The molecule has 1 saturated heterocycles. The summed E-state index contributed by atoms with van der Waals surface area (Å²) in [6, 6.07) is 1.45. The third kappa shape index (κ3) is 2.90. The summed E-state index contributed by atoms with van der Waals surface area (Å²) < 4.78 is 10.7. The number of rotatable bonds is 4. The minimum Gasteiger partial charge on any atom is -0.478 e. The molecule has 1 fully saturated rings. The summed E-state index contributed by atoms with van der Waals surface area (Å²) in [6.07, 6.45) is 1.17. The third-order valence-electron chi connectivity index (χ3n) is 2.95. The van der Waals surface area contributed by atoms with Gasteiger partial charge in [0.15, 0.2) is 0 Å². The number of aliphatic hydroxyl groups excluding tert-OH is 1. The number of aromatic carboxylic acids is 1. The monoisotopic (exact) mass is 255 g/mol. The number of furan rings is 1. The zero-order valence-corrected chi connectivity index (χ0v) is 10.2. The largest absolute Gasteiger partial charge is 0.478 e. The lowest BCUT2D eigenvalue weighted by atomic mass is 10.2. The Kier molecular flexibility index (Phi) is 4.00. The molecule has 2 rings (SSSR count). The van der Waals surface area contributed by atoms with Gasteiger partial charge in [0, 0.05) is 13.1 Å². The minimum atomic E-state index is -0.987. The van der Waals surface area contributed by atoms with Gasteiger partial charge in [0.1, 0.15) is 11.3 Å². The molecule has 6 nitrogen and oxygen atoms in total. The normalized spacial score (nSPS) is 25.2. The first-order valence-corrected chi connectivity index (χ1v) is 5.88. The maximum absolute atomic E-state index is 11.0. The van der Waals surface area contributed by atoms with Gasteiger partial charge in [-0.1, -0.05) is 0 Å². The van der Waals surface area contributed by atoms with Gasteiger partial charge in [-0.25, -0.2) is 4.79 Å². The van der Waals surface area contributed by atoms with E-state index >= 15 is 0 Å². The van der Waals surface area contributed by atoms with Crippen molar-refractivity contribution in [3.8, 4) is 0 Å². The number of carboxylic acids is 1. The van der Waals surface area contributed by atoms with Gasteiger partial charge in [-0.05, 0) is 13.0 Å². The molecule has 0 radical (unpaired) electrons. The predicted octanol–water partition coefficient (Wildman–Crippen LogP) is 0.559. The van der Waals surface area contributed by atoms with Crippen molar-refractivity contribution in [3.05, 3.63) is 23.7 Å². The molecule has 0 amide bonds. The fourth-order valence-corrected chi connectivity index (χ4v) is 2.23. The van der Waals surface area contributed by atoms with E-state index in [0.717, 1.165) is 0 Å². The Morgan fingerprint density at radius 1 is 1.56 bits per heavy atom. The molecule has 1 aromatic heterocycles. The van der Waals surface area contributed by atoms with Crippen molar-refractivity contribution in [1.82, 2.24) is 4.90 Å². The van der Waals surface area contributed by atoms with Gasteiger partial charge in [-0.3, -0.25) is 4.90 Å². The van der Waals surface area contributed by atoms with Crippen LogP contribution in [-0.4, -0.2) is 53.0 Å². The predicted molar refractivity (Wildman–Crippen MR) is 62.4 cm³/mol. The molecule has 6 heteroatoms. The Morgan fingerprint density at radius 3 is 3.00 bits per heavy atom. The number of aliphatic hydroxyl groups is 1. The van der Waals surface area contributed by atoms with Crippen LogP contribution in [0.15, 0.2) is 16.7 Å². The van der Waals surface area contributed by atoms with Crippen LogP contribution in [0, 0.1) is 0 Å². The van der Waals surface area contributed by atoms with E-state index in [-0.39, 0.29) is 24.4 Å². The van der Waals surface area contributed by atoms with E-state index < -0.39 is 5.97 Å². The third-order valence-corrected chi connectivity index (χ3v) is 2.95. The standard InChI is InChI=1S/C12H17NO5/c1-8-4-13(5-9(7-14)18-8)6-11-10(12(15)16)2-3-17-11/h2-3,8-9,14H,4-7H2,1H3,(H,15,16). The molecule has 0 spiro atoms. The Hall–Kier alpha value is -1.37. The lowest BCUT2D eigenvalue weighted by Crippen LogP contribution is -2.47. The van der Waals surface area contributed by atoms with Crippen LogP contribution >= 0.6 is 0 Å². The Labute approximate surface area is 105 Å². The maximum atomic E-state index is 11.0. The molecule has 0 aromatic carbocycles. The first-order chi connectivity index (χ1) is 8.60. The Balaban J connectivity index is 2.04. The smallest absolute Gasteiger partial charge is 0.339 e. The van der Waals surface area contributed by atoms with E-state index in [1.807, 2.05) is 11.8 Å². The number of nitrogens with zero attached hydrogens (tertiary/aromatic N) is 1. The Bertz CT molecular complexity index is 416. The second-order valence-corrected chi connectivity index (χ2v) is 4.51. The molecular formula is C12H17NO5. The summed E-state index contributed by atoms with van der Waals surface area (Å²) in [4.78, 5) is 13.0. The molecule has 1 aromatic rings. The molecule has 0 bridgehead atoms. The van der Waals surface area contributed by atoms with E-state index in [4.69, 9.17) is 19.4 Å². The molecule has 18 heavy (non-hydrogen) atoms. The second-order valence-electron chi connectivity index (χ2n) is 4.51. The van der Waals surface area contributed by atoms with E-state index in [1.165, 1.54) is 12.3 Å². The summed E-state index contributed by atoms with van der Waals surface area (Å²) in [5.41, 5.74) is 0.190. The summed E-state index contributed by atoms with van der Waals surface area (Å²) in [6.45, 7) is 3.57. The van der Waals surface area contributed by atoms with Gasteiger partial charge < -0.3 is 19.4 Å². The SMILES string of the molecule is CC1CN(Cc2occc2C(=O)O)CC(CO)O1. The van der Waals surface area contributed by atoms with E-state index in [0.29, 0.717) is 25.4 Å². The number of hydrogen-bond donors (Lipinski definition) is 2. The van der Waals surface area contributed by atoms with Crippen molar-refractivity contribution >= 4 is 5.97 Å². The van der Waals surface area contributed by atoms with E-state index in [9.17, 15) is 4.79 Å². The van der Waals surface area contributed by atoms with Gasteiger partial charge in [0.05, 0.1) is 31.6 Å². The summed E-state index contributed by atoms with van der Waals surface area (Å²) in [5, 5.41) is 18.1. The van der Waals surface area contributed by atoms with Gasteiger partial charge in [0.2, 0.25) is 0 Å². The van der Waals surface area contributed by atoms with Gasteiger partial charge in [-0.2, -0.15) is 0 Å². The Morgan fingerprint density at radius 2 is 2.33 bits per heavy atom. The highest BCUT2D eigenvalue weighted by Gasteiger charge is 2.26. The quantitative estimate of drug-likeness (QED) is 0.818. The number of hydrogen-bond acceptors (Lipinski definition) is 5. The molecule has 0 aliphatic carbocycles. The van der Waals surface area contributed by atoms with Crippen LogP contribution in [0.2, 0.25) is 0 Å². The highest BCUT2D eigenvalue weighted by Crippen LogP contribution is 2.17. The van der Waals surface area contributed by atoms with Gasteiger partial charge >= 0.3 is 5.97 Å². The average Bonchev–Trinajstić information content (AvgIpc) is 2.76. The maximum Gasteiger partial charge on any atom is 0.339 e. The molecule has 2 N–H and O–H groups in total. The lowest BCUT2D eigenvalue weighted by molar-refractivity contribution is -0.0983. The number of morpholine rings is 1. The van der Waals surface area contributed by atoms with E-state index in [1.54, 1.807) is 0 Å². The van der Waals surface area contributed by atoms with Crippen LogP contribution in [0.1, 0.15) is 23.0 Å². The van der Waals surface area contributed by atoms with Crippen molar-refractivity contribution in [1.29, 1.82) is 0 Å². The van der Waals surface area contributed by atoms with Crippen LogP contribution in [-0.2, 0) is 11.3 Å². The zero-order valence-electron chi connectivity index (χ0n) is 10.2. The van der Waals surface area contributed by atoms with Crippen LogP contribution < -0.4 is 0 Å². The van der Waals surface area contributed by atoms with Crippen molar-refractivity contribution in [2.24, 2.45) is 0 Å². The topological polar surface area (TPSA) is 83.1 Å². The van der Waals surface area contributed by atoms with Gasteiger partial charge in [0.25, 0.3) is 0 Å². The fourth-order valence-electron chi connectivity index (χ4n) is 2.23. The van der Waals surface area contributed by atoms with Crippen molar-refractivity contribution in [2.75, 3.05) is 19.7 Å². The molecule has 0 saturated carbocycles. The molecular weight excluding hydrogens is 238 g/mol. The number of carbonyl (C=O) groups is 1. The summed E-state index contributed by atoms with van der Waals surface area (Å²) in [5.74, 6) is -0.549. The molecule has 1 aliphatic heterocycles. The molecule has 1 aliphatic rings. The van der Waals surface area contributed by atoms with Crippen LogP contribution in [0.4, 0.5) is 0 Å². The molecule has 100 valence electrons. The first kappa shape index (κ1) is 13.1. The van der Waals surface area contributed by atoms with Crippen LogP contribution in [0.5, 0.6) is 0 Å². The van der Waals surface area contributed by atoms with Crippen molar-refractivity contribution in [2.45, 2.75) is 25.7 Å². The number of carboxylic acid groups (broad SMARTS) is 1. The van der Waals surface area contributed by atoms with Gasteiger partial charge in [-0.15, -0.1) is 0 Å². The highest BCUT2D eigenvalue weighted by molar-refractivity contribution is 5.88. The van der Waals surface area contributed by atoms with Crippen LogP contribution in [0.25, 0.3) is 0 Å². The molecule has 2 unspecified atom stereocenters. The first-order valence-electron chi connectivity index (χ1n) is 5.88. The zero-order chi connectivity index (χ0) is 13.1. The average molecular weight is 255 g/mol. The van der Waals surface area contributed by atoms with Crippen molar-refractivity contribution in [3.63, 3.8) is 0 Å². The number of ether oxygens (including phenoxy) is 1. The lowest BCUT2D eigenvalue weighted by Gasteiger charge is -2.35.